The molecule has 0 bridgehead atoms. The third-order valence-electron chi connectivity index (χ3n) is 7.45. The fourth-order valence-corrected chi connectivity index (χ4v) is 6.08. The number of likely N-dealkylation sites (tertiary alicyclic amines) is 1. The van der Waals surface area contributed by atoms with E-state index in [0.717, 1.165) is 25.7 Å². The Bertz CT molecular complexity index is 1240. The number of aryl methyl sites for hydroxylation is 1. The van der Waals surface area contributed by atoms with Crippen LogP contribution < -0.4 is 9.64 Å². The first kappa shape index (κ1) is 27.3. The first-order valence-corrected chi connectivity index (χ1v) is 15.0. The minimum absolute atomic E-state index is 0.0471. The molecule has 4 heterocycles. The Morgan fingerprint density at radius 1 is 1.13 bits per heavy atom. The summed E-state index contributed by atoms with van der Waals surface area (Å²) in [6.07, 6.45) is 10.1. The van der Waals surface area contributed by atoms with Crippen LogP contribution in [0.3, 0.4) is 0 Å². The molecule has 0 spiro atoms. The van der Waals surface area contributed by atoms with Gasteiger partial charge in [0.1, 0.15) is 5.60 Å². The van der Waals surface area contributed by atoms with Crippen LogP contribution in [0, 0.1) is 5.92 Å². The van der Waals surface area contributed by atoms with Gasteiger partial charge in [0.15, 0.2) is 5.82 Å². The summed E-state index contributed by atoms with van der Waals surface area (Å²) >= 11 is 0. The van der Waals surface area contributed by atoms with Crippen LogP contribution in [0.15, 0.2) is 30.9 Å². The minimum atomic E-state index is -3.55. The fourth-order valence-electron chi connectivity index (χ4n) is 4.66. The van der Waals surface area contributed by atoms with E-state index in [2.05, 4.69) is 15.1 Å². The van der Waals surface area contributed by atoms with Crippen LogP contribution >= 0.6 is 0 Å². The number of nitrogens with zero attached hydrogens (tertiary/aromatic N) is 7. The molecule has 3 fully saturated rings. The second kappa shape index (κ2) is 11.5. The zero-order chi connectivity index (χ0) is 27.5. The number of aromatic nitrogens is 4. The van der Waals surface area contributed by atoms with E-state index in [1.54, 1.807) is 28.0 Å². The summed E-state index contributed by atoms with van der Waals surface area (Å²) < 4.78 is 39.7. The van der Waals surface area contributed by atoms with Crippen molar-refractivity contribution in [1.82, 2.24) is 29.0 Å². The van der Waals surface area contributed by atoms with Crippen molar-refractivity contribution in [2.24, 2.45) is 5.92 Å². The van der Waals surface area contributed by atoms with Crippen molar-refractivity contribution in [1.29, 1.82) is 0 Å². The van der Waals surface area contributed by atoms with E-state index in [1.807, 2.05) is 6.92 Å². The Morgan fingerprint density at radius 2 is 1.92 bits per heavy atom. The third-order valence-corrected chi connectivity index (χ3v) is 9.35. The number of rotatable bonds is 10. The van der Waals surface area contributed by atoms with Crippen molar-refractivity contribution in [2.75, 3.05) is 50.0 Å². The molecule has 0 atom stereocenters. The van der Waals surface area contributed by atoms with Crippen LogP contribution in [-0.2, 0) is 26.1 Å². The van der Waals surface area contributed by atoms with E-state index in [-0.39, 0.29) is 43.0 Å². The summed E-state index contributed by atoms with van der Waals surface area (Å²) in [7, 11) is -3.55. The highest BCUT2D eigenvalue weighted by Crippen LogP contribution is 2.39. The lowest BCUT2D eigenvalue weighted by Gasteiger charge is -2.33. The molecule has 0 aromatic carbocycles. The SMILES string of the molecule is CC1(OC(=O)N2CCC(COc3cnc(N4CCN(S(=O)(=O)CCCn5cccn5)CC4=O)cn3)CC2)CC1. The highest BCUT2D eigenvalue weighted by Gasteiger charge is 2.43. The highest BCUT2D eigenvalue weighted by molar-refractivity contribution is 7.89. The Labute approximate surface area is 228 Å². The summed E-state index contributed by atoms with van der Waals surface area (Å²) in [4.78, 5) is 36.8. The summed E-state index contributed by atoms with van der Waals surface area (Å²) in [5, 5.41) is 4.07. The van der Waals surface area contributed by atoms with Crippen molar-refractivity contribution < 1.29 is 27.5 Å². The van der Waals surface area contributed by atoms with Gasteiger partial charge in [-0.1, -0.05) is 0 Å². The average molecular weight is 562 g/mol. The maximum absolute atomic E-state index is 12.8. The zero-order valence-corrected chi connectivity index (χ0v) is 23.0. The summed E-state index contributed by atoms with van der Waals surface area (Å²) in [5.41, 5.74) is -0.265. The molecular weight excluding hydrogens is 526 g/mol. The second-order valence-electron chi connectivity index (χ2n) is 10.6. The van der Waals surface area contributed by atoms with E-state index >= 15 is 0 Å². The summed E-state index contributed by atoms with van der Waals surface area (Å²) in [6.45, 7) is 4.37. The number of piperazine rings is 1. The van der Waals surface area contributed by atoms with E-state index in [9.17, 15) is 18.0 Å². The number of carbonyl (C=O) groups is 2. The summed E-state index contributed by atoms with van der Waals surface area (Å²) in [6, 6.07) is 1.79. The van der Waals surface area contributed by atoms with Gasteiger partial charge in [0.05, 0.1) is 31.3 Å². The van der Waals surface area contributed by atoms with Crippen LogP contribution in [0.25, 0.3) is 0 Å². The Kier molecular flexibility index (Phi) is 8.03. The zero-order valence-electron chi connectivity index (χ0n) is 22.1. The van der Waals surface area contributed by atoms with Crippen molar-refractivity contribution >= 4 is 27.8 Å². The lowest BCUT2D eigenvalue weighted by atomic mass is 9.98. The van der Waals surface area contributed by atoms with Crippen LogP contribution in [0.2, 0.25) is 0 Å². The van der Waals surface area contributed by atoms with Gasteiger partial charge >= 0.3 is 6.09 Å². The Balaban J connectivity index is 1.04. The van der Waals surface area contributed by atoms with Crippen molar-refractivity contribution in [3.05, 3.63) is 30.9 Å². The fraction of sp³-hybridized carbons (Fsp3) is 0.640. The molecule has 2 saturated heterocycles. The van der Waals surface area contributed by atoms with Gasteiger partial charge in [0, 0.05) is 45.1 Å². The third kappa shape index (κ3) is 7.04. The van der Waals surface area contributed by atoms with Gasteiger partial charge in [-0.05, 0) is 51.0 Å². The monoisotopic (exact) mass is 561 g/mol. The molecule has 2 aliphatic heterocycles. The number of sulfonamides is 1. The van der Waals surface area contributed by atoms with E-state index in [1.165, 1.54) is 21.6 Å². The number of carbonyl (C=O) groups excluding carboxylic acids is 2. The van der Waals surface area contributed by atoms with Gasteiger partial charge in [-0.2, -0.15) is 9.40 Å². The Morgan fingerprint density at radius 3 is 2.56 bits per heavy atom. The average Bonchev–Trinajstić information content (AvgIpc) is 3.41. The molecule has 212 valence electrons. The summed E-state index contributed by atoms with van der Waals surface area (Å²) in [5.74, 6) is 0.616. The second-order valence-corrected chi connectivity index (χ2v) is 12.7. The van der Waals surface area contributed by atoms with Gasteiger partial charge < -0.3 is 14.4 Å². The molecular formula is C25H35N7O6S. The predicted octanol–water partition coefficient (Wildman–Crippen LogP) is 1.52. The van der Waals surface area contributed by atoms with Crippen LogP contribution in [0.5, 0.6) is 5.88 Å². The molecule has 14 heteroatoms. The molecule has 2 amide bonds. The first-order valence-electron chi connectivity index (χ1n) is 13.4. The molecule has 2 aromatic heterocycles. The number of hydrogen-bond acceptors (Lipinski definition) is 9. The molecule has 0 radical (unpaired) electrons. The minimum Gasteiger partial charge on any atom is -0.476 e. The highest BCUT2D eigenvalue weighted by atomic mass is 32.2. The van der Waals surface area contributed by atoms with Crippen LogP contribution in [0.1, 0.15) is 39.0 Å². The smallest absolute Gasteiger partial charge is 0.410 e. The van der Waals surface area contributed by atoms with E-state index in [4.69, 9.17) is 9.47 Å². The molecule has 0 N–H and O–H groups in total. The molecule has 0 unspecified atom stereocenters. The van der Waals surface area contributed by atoms with Crippen LogP contribution in [-0.4, -0.2) is 100 Å². The normalized spacial score (nSPS) is 20.2. The van der Waals surface area contributed by atoms with Crippen molar-refractivity contribution in [2.45, 2.75) is 51.2 Å². The van der Waals surface area contributed by atoms with E-state index < -0.39 is 10.0 Å². The van der Waals surface area contributed by atoms with Crippen molar-refractivity contribution in [3.8, 4) is 5.88 Å². The molecule has 1 saturated carbocycles. The maximum Gasteiger partial charge on any atom is 0.410 e. The molecule has 39 heavy (non-hydrogen) atoms. The molecule has 5 rings (SSSR count). The Hall–Kier alpha value is -3.26. The number of ether oxygens (including phenoxy) is 2. The lowest BCUT2D eigenvalue weighted by molar-refractivity contribution is -0.120. The predicted molar refractivity (Wildman–Crippen MR) is 141 cm³/mol. The molecule has 2 aromatic rings. The standard InChI is InChI=1S/C25H35N7O6S/c1-25(6-7-25)38-24(34)29-11-4-20(5-12-29)19-37-22-17-26-21(16-27-22)32-14-13-31(18-23(32)33)39(35,36)15-3-10-30-9-2-8-28-30/h2,8-9,16-17,20H,3-7,10-15,18-19H2,1H3. The maximum atomic E-state index is 12.8. The van der Waals surface area contributed by atoms with E-state index in [0.29, 0.717) is 50.3 Å². The molecule has 3 aliphatic rings. The van der Waals surface area contributed by atoms with Gasteiger partial charge in [-0.3, -0.25) is 14.4 Å². The van der Waals surface area contributed by atoms with Crippen LogP contribution in [0.4, 0.5) is 10.6 Å². The molecule has 13 nitrogen and oxygen atoms in total. The largest absolute Gasteiger partial charge is 0.476 e. The topological polar surface area (TPSA) is 140 Å². The molecule has 1 aliphatic carbocycles. The number of hydrogen-bond donors (Lipinski definition) is 0. The quantitative estimate of drug-likeness (QED) is 0.422. The van der Waals surface area contributed by atoms with Gasteiger partial charge in [-0.15, -0.1) is 0 Å². The van der Waals surface area contributed by atoms with Gasteiger partial charge in [-0.25, -0.2) is 23.2 Å². The number of amides is 2. The van der Waals surface area contributed by atoms with Crippen molar-refractivity contribution in [3.63, 3.8) is 0 Å². The van der Waals surface area contributed by atoms with Gasteiger partial charge in [0.2, 0.25) is 21.8 Å². The van der Waals surface area contributed by atoms with Gasteiger partial charge in [0.25, 0.3) is 0 Å². The number of anilines is 1. The lowest BCUT2D eigenvalue weighted by Crippen LogP contribution is -2.53. The number of piperidine rings is 1. The first-order chi connectivity index (χ1) is 18.7.